The third-order valence-corrected chi connectivity index (χ3v) is 4.43. The Hall–Kier alpha value is -1.58. The van der Waals surface area contributed by atoms with Gasteiger partial charge in [-0.15, -0.1) is 0 Å². The highest BCUT2D eigenvalue weighted by atomic mass is 16.7. The van der Waals surface area contributed by atoms with Gasteiger partial charge in [0.25, 0.3) is 0 Å². The molecule has 1 aliphatic heterocycles. The zero-order chi connectivity index (χ0) is 13.6. The largest absolute Gasteiger partial charge is 0.361 e. The Morgan fingerprint density at radius 2 is 2.05 bits per heavy atom. The van der Waals surface area contributed by atoms with Gasteiger partial charge in [-0.2, -0.15) is 0 Å². The number of H-pyrrole nitrogens is 1. The Bertz CT molecular complexity index is 677. The Balaban J connectivity index is 1.70. The number of aromatic amines is 1. The summed E-state index contributed by atoms with van der Waals surface area (Å²) in [5, 5.41) is 1.32. The molecule has 0 radical (unpaired) electrons. The summed E-state index contributed by atoms with van der Waals surface area (Å²) in [7, 11) is 0. The monoisotopic (exact) mass is 269 g/mol. The van der Waals surface area contributed by atoms with Crippen molar-refractivity contribution < 1.29 is 9.47 Å². The van der Waals surface area contributed by atoms with E-state index in [0.717, 1.165) is 32.5 Å². The summed E-state index contributed by atoms with van der Waals surface area (Å²) in [6.45, 7) is 3.60. The van der Waals surface area contributed by atoms with Gasteiger partial charge < -0.3 is 14.5 Å². The molecule has 4 rings (SSSR count). The van der Waals surface area contributed by atoms with Gasteiger partial charge in [0.1, 0.15) is 0 Å². The van der Waals surface area contributed by atoms with Crippen LogP contribution < -0.4 is 0 Å². The van der Waals surface area contributed by atoms with Crippen LogP contribution >= 0.6 is 0 Å². The van der Waals surface area contributed by atoms with Gasteiger partial charge in [-0.1, -0.05) is 17.7 Å². The minimum atomic E-state index is -0.328. The van der Waals surface area contributed by atoms with Gasteiger partial charge in [0.05, 0.1) is 13.2 Å². The predicted molar refractivity (Wildman–Crippen MR) is 79.5 cm³/mol. The number of benzene rings is 1. The molecule has 20 heavy (non-hydrogen) atoms. The molecule has 2 aromatic rings. The first-order valence-electron chi connectivity index (χ1n) is 7.31. The summed E-state index contributed by atoms with van der Waals surface area (Å²) in [4.78, 5) is 3.37. The van der Waals surface area contributed by atoms with E-state index in [1.165, 1.54) is 27.6 Å². The Morgan fingerprint density at radius 1 is 1.20 bits per heavy atom. The molecule has 0 unspecified atom stereocenters. The number of hydrogen-bond donors (Lipinski definition) is 1. The van der Waals surface area contributed by atoms with Gasteiger partial charge in [-0.3, -0.25) is 0 Å². The molecule has 2 heterocycles. The fourth-order valence-electron chi connectivity index (χ4n) is 3.31. The van der Waals surface area contributed by atoms with Crippen molar-refractivity contribution in [2.45, 2.75) is 32.0 Å². The van der Waals surface area contributed by atoms with Crippen LogP contribution in [0, 0.1) is 6.92 Å². The normalized spacial score (nSPS) is 21.6. The second-order valence-corrected chi connectivity index (χ2v) is 5.79. The average molecular weight is 269 g/mol. The van der Waals surface area contributed by atoms with Gasteiger partial charge in [0.2, 0.25) is 0 Å². The minimum absolute atomic E-state index is 0.328. The number of nitrogens with one attached hydrogen (secondary N) is 1. The first kappa shape index (κ1) is 12.2. The van der Waals surface area contributed by atoms with E-state index < -0.39 is 0 Å². The summed E-state index contributed by atoms with van der Waals surface area (Å²) in [5.41, 5.74) is 5.25. The van der Waals surface area contributed by atoms with Crippen molar-refractivity contribution in [1.29, 1.82) is 0 Å². The van der Waals surface area contributed by atoms with E-state index in [1.54, 1.807) is 0 Å². The molecule has 1 aliphatic carbocycles. The summed E-state index contributed by atoms with van der Waals surface area (Å²) >= 11 is 0. The standard InChI is InChI=1S/C17H19NO2/c1-12-2-3-16-14(10-12)15(11-18-16)13-4-6-17(7-5-13)19-8-9-20-17/h2-4,10-11,18H,5-9H2,1H3. The maximum atomic E-state index is 5.78. The third-order valence-electron chi connectivity index (χ3n) is 4.43. The van der Waals surface area contributed by atoms with Crippen LogP contribution in [0.4, 0.5) is 0 Å². The molecule has 104 valence electrons. The van der Waals surface area contributed by atoms with Crippen molar-refractivity contribution in [3.63, 3.8) is 0 Å². The number of ether oxygens (including phenoxy) is 2. The molecular formula is C17H19NO2. The van der Waals surface area contributed by atoms with E-state index in [0.29, 0.717) is 0 Å². The Labute approximate surface area is 118 Å². The Morgan fingerprint density at radius 3 is 2.80 bits per heavy atom. The summed E-state index contributed by atoms with van der Waals surface area (Å²) in [6.07, 6.45) is 7.25. The second-order valence-electron chi connectivity index (χ2n) is 5.79. The quantitative estimate of drug-likeness (QED) is 0.854. The lowest BCUT2D eigenvalue weighted by molar-refractivity contribution is -0.159. The van der Waals surface area contributed by atoms with Crippen LogP contribution in [0.25, 0.3) is 16.5 Å². The molecule has 0 amide bonds. The van der Waals surface area contributed by atoms with Gasteiger partial charge in [-0.05, 0) is 31.1 Å². The molecule has 3 nitrogen and oxygen atoms in total. The van der Waals surface area contributed by atoms with E-state index in [4.69, 9.17) is 9.47 Å². The molecule has 1 N–H and O–H groups in total. The maximum Gasteiger partial charge on any atom is 0.172 e. The first-order chi connectivity index (χ1) is 9.76. The predicted octanol–water partition coefficient (Wildman–Crippen LogP) is 3.79. The van der Waals surface area contributed by atoms with Gasteiger partial charge >= 0.3 is 0 Å². The number of aromatic nitrogens is 1. The smallest absolute Gasteiger partial charge is 0.172 e. The zero-order valence-electron chi connectivity index (χ0n) is 11.7. The van der Waals surface area contributed by atoms with E-state index in [-0.39, 0.29) is 5.79 Å². The number of hydrogen-bond acceptors (Lipinski definition) is 2. The lowest BCUT2D eigenvalue weighted by atomic mass is 9.89. The molecule has 0 saturated carbocycles. The molecule has 1 aromatic heterocycles. The van der Waals surface area contributed by atoms with Crippen LogP contribution in [0.15, 0.2) is 30.5 Å². The minimum Gasteiger partial charge on any atom is -0.361 e. The number of rotatable bonds is 1. The van der Waals surface area contributed by atoms with Crippen molar-refractivity contribution in [2.24, 2.45) is 0 Å². The van der Waals surface area contributed by atoms with Crippen LogP contribution in [-0.4, -0.2) is 24.0 Å². The summed E-state index contributed by atoms with van der Waals surface area (Å²) in [5.74, 6) is -0.328. The fourth-order valence-corrected chi connectivity index (χ4v) is 3.31. The third kappa shape index (κ3) is 1.89. The van der Waals surface area contributed by atoms with E-state index >= 15 is 0 Å². The van der Waals surface area contributed by atoms with Crippen LogP contribution in [0.2, 0.25) is 0 Å². The van der Waals surface area contributed by atoms with Crippen molar-refractivity contribution in [3.8, 4) is 0 Å². The SMILES string of the molecule is Cc1ccc2[nH]cc(C3=CCC4(CC3)OCCO4)c2c1. The van der Waals surface area contributed by atoms with Crippen LogP contribution in [0.3, 0.4) is 0 Å². The van der Waals surface area contributed by atoms with Gasteiger partial charge in [0.15, 0.2) is 5.79 Å². The summed E-state index contributed by atoms with van der Waals surface area (Å²) < 4.78 is 11.6. The molecule has 1 saturated heterocycles. The molecule has 1 fully saturated rings. The van der Waals surface area contributed by atoms with E-state index in [1.807, 2.05) is 0 Å². The first-order valence-corrected chi connectivity index (χ1v) is 7.31. The topological polar surface area (TPSA) is 34.2 Å². The lowest BCUT2D eigenvalue weighted by Gasteiger charge is -2.30. The number of fused-ring (bicyclic) bond motifs is 1. The van der Waals surface area contributed by atoms with Gasteiger partial charge in [0, 0.05) is 35.5 Å². The molecule has 1 spiro atoms. The molecule has 0 bridgehead atoms. The van der Waals surface area contributed by atoms with Crippen LogP contribution in [-0.2, 0) is 9.47 Å². The van der Waals surface area contributed by atoms with E-state index in [2.05, 4.69) is 42.4 Å². The highest BCUT2D eigenvalue weighted by molar-refractivity contribution is 5.93. The van der Waals surface area contributed by atoms with Crippen LogP contribution in [0.1, 0.15) is 30.4 Å². The zero-order valence-corrected chi connectivity index (χ0v) is 11.7. The average Bonchev–Trinajstić information content (AvgIpc) is 3.07. The molecule has 3 heteroatoms. The second kappa shape index (κ2) is 4.47. The summed E-state index contributed by atoms with van der Waals surface area (Å²) in [6, 6.07) is 6.56. The molecular weight excluding hydrogens is 250 g/mol. The van der Waals surface area contributed by atoms with Crippen molar-refractivity contribution >= 4 is 16.5 Å². The van der Waals surface area contributed by atoms with Crippen molar-refractivity contribution in [2.75, 3.05) is 13.2 Å². The van der Waals surface area contributed by atoms with E-state index in [9.17, 15) is 0 Å². The fraction of sp³-hybridized carbons (Fsp3) is 0.412. The molecule has 1 aromatic carbocycles. The number of allylic oxidation sites excluding steroid dienone is 1. The van der Waals surface area contributed by atoms with Crippen molar-refractivity contribution in [3.05, 3.63) is 41.6 Å². The highest BCUT2D eigenvalue weighted by Gasteiger charge is 2.37. The maximum absolute atomic E-state index is 5.78. The van der Waals surface area contributed by atoms with Gasteiger partial charge in [-0.25, -0.2) is 0 Å². The van der Waals surface area contributed by atoms with Crippen molar-refractivity contribution in [1.82, 2.24) is 4.98 Å². The highest BCUT2D eigenvalue weighted by Crippen LogP contribution is 2.39. The number of aryl methyl sites for hydroxylation is 1. The Kier molecular flexibility index (Phi) is 2.72. The van der Waals surface area contributed by atoms with Crippen LogP contribution in [0.5, 0.6) is 0 Å². The molecule has 2 aliphatic rings. The molecule has 0 atom stereocenters. The lowest BCUT2D eigenvalue weighted by Crippen LogP contribution is -2.31.